The average molecular weight is 312 g/mol. The molecule has 118 valence electrons. The van der Waals surface area contributed by atoms with E-state index in [-0.39, 0.29) is 12.3 Å². The number of nitrogens with zero attached hydrogens (tertiary/aromatic N) is 1. The molecule has 6 heteroatoms. The fourth-order valence-electron chi connectivity index (χ4n) is 2.55. The number of furan rings is 1. The molecule has 0 aliphatic heterocycles. The number of fused-ring (bicyclic) bond motifs is 1. The van der Waals surface area contributed by atoms with E-state index < -0.39 is 4.92 Å². The lowest BCUT2D eigenvalue weighted by molar-refractivity contribution is -0.384. The number of nitrogens with one attached hydrogen (secondary N) is 1. The first kappa shape index (κ1) is 15.1. The van der Waals surface area contributed by atoms with Crippen molar-refractivity contribution in [2.45, 2.75) is 20.1 Å². The number of aryl methyl sites for hydroxylation is 1. The zero-order valence-electron chi connectivity index (χ0n) is 12.6. The lowest BCUT2D eigenvalue weighted by atomic mass is 10.1. The summed E-state index contributed by atoms with van der Waals surface area (Å²) in [5.41, 5.74) is 2.74. The van der Waals surface area contributed by atoms with Crippen LogP contribution in [0.5, 0.6) is 0 Å². The van der Waals surface area contributed by atoms with Gasteiger partial charge in [-0.05, 0) is 30.7 Å². The third-order valence-electron chi connectivity index (χ3n) is 3.82. The molecule has 0 spiro atoms. The molecule has 1 heterocycles. The van der Waals surface area contributed by atoms with Crippen molar-refractivity contribution in [3.05, 3.63) is 69.5 Å². The average Bonchev–Trinajstić information content (AvgIpc) is 2.89. The summed E-state index contributed by atoms with van der Waals surface area (Å²) in [6.07, 6.45) is 0. The number of aliphatic hydroxyl groups excluding tert-OH is 1. The number of hydrogen-bond donors (Lipinski definition) is 2. The van der Waals surface area contributed by atoms with Crippen LogP contribution in [0.4, 0.5) is 11.4 Å². The van der Waals surface area contributed by atoms with E-state index in [1.54, 1.807) is 6.07 Å². The van der Waals surface area contributed by atoms with Crippen LogP contribution >= 0.6 is 0 Å². The van der Waals surface area contributed by atoms with Crippen LogP contribution in [0, 0.1) is 17.0 Å². The van der Waals surface area contributed by atoms with Gasteiger partial charge >= 0.3 is 0 Å². The van der Waals surface area contributed by atoms with Gasteiger partial charge in [0.1, 0.15) is 17.0 Å². The minimum atomic E-state index is -0.449. The Labute approximate surface area is 132 Å². The molecule has 0 saturated heterocycles. The highest BCUT2D eigenvalue weighted by molar-refractivity contribution is 5.82. The summed E-state index contributed by atoms with van der Waals surface area (Å²) in [5.74, 6) is 0.731. The van der Waals surface area contributed by atoms with Gasteiger partial charge in [0, 0.05) is 17.0 Å². The lowest BCUT2D eigenvalue weighted by Gasteiger charge is -2.07. The maximum Gasteiger partial charge on any atom is 0.292 e. The Kier molecular flexibility index (Phi) is 3.99. The Morgan fingerprint density at radius 3 is 2.74 bits per heavy atom. The summed E-state index contributed by atoms with van der Waals surface area (Å²) in [5, 5.41) is 24.4. The van der Waals surface area contributed by atoms with Gasteiger partial charge in [-0.3, -0.25) is 10.1 Å². The van der Waals surface area contributed by atoms with Crippen LogP contribution < -0.4 is 5.32 Å². The molecule has 23 heavy (non-hydrogen) atoms. The van der Waals surface area contributed by atoms with E-state index in [0.29, 0.717) is 17.8 Å². The predicted octanol–water partition coefficient (Wildman–Crippen LogP) is 3.75. The molecule has 6 nitrogen and oxygen atoms in total. The predicted molar refractivity (Wildman–Crippen MR) is 87.3 cm³/mol. The highest BCUT2D eigenvalue weighted by Crippen LogP contribution is 2.29. The van der Waals surface area contributed by atoms with Crippen LogP contribution in [0.15, 0.2) is 46.9 Å². The highest BCUT2D eigenvalue weighted by atomic mass is 16.6. The van der Waals surface area contributed by atoms with Gasteiger partial charge in [-0.1, -0.05) is 18.2 Å². The van der Waals surface area contributed by atoms with E-state index in [2.05, 4.69) is 5.32 Å². The van der Waals surface area contributed by atoms with Crippen molar-refractivity contribution in [1.82, 2.24) is 0 Å². The molecule has 2 aromatic carbocycles. The number of para-hydroxylation sites is 1. The molecule has 0 bridgehead atoms. The molecular weight excluding hydrogens is 296 g/mol. The molecule has 0 atom stereocenters. The monoisotopic (exact) mass is 312 g/mol. The molecule has 1 aromatic heterocycles. The Bertz CT molecular complexity index is 870. The molecule has 0 amide bonds. The molecule has 0 aliphatic rings. The topological polar surface area (TPSA) is 88.5 Å². The first-order valence-corrected chi connectivity index (χ1v) is 7.19. The first-order valence-electron chi connectivity index (χ1n) is 7.19. The Hall–Kier alpha value is -2.86. The Morgan fingerprint density at radius 1 is 1.26 bits per heavy atom. The Balaban J connectivity index is 1.90. The van der Waals surface area contributed by atoms with Crippen LogP contribution in [-0.2, 0) is 13.2 Å². The fraction of sp³-hybridized carbons (Fsp3) is 0.176. The molecule has 0 radical (unpaired) electrons. The Morgan fingerprint density at radius 2 is 2.04 bits per heavy atom. The highest BCUT2D eigenvalue weighted by Gasteiger charge is 2.16. The van der Waals surface area contributed by atoms with Gasteiger partial charge in [0.15, 0.2) is 0 Å². The van der Waals surface area contributed by atoms with Crippen LogP contribution in [-0.4, -0.2) is 10.0 Å². The van der Waals surface area contributed by atoms with Crippen LogP contribution in [0.25, 0.3) is 11.0 Å². The van der Waals surface area contributed by atoms with E-state index in [1.807, 2.05) is 31.2 Å². The smallest absolute Gasteiger partial charge is 0.292 e. The van der Waals surface area contributed by atoms with Crippen molar-refractivity contribution in [1.29, 1.82) is 0 Å². The zero-order chi connectivity index (χ0) is 16.4. The third kappa shape index (κ3) is 2.89. The number of aliphatic hydroxyl groups is 1. The summed E-state index contributed by atoms with van der Waals surface area (Å²) in [6.45, 7) is 2.12. The fourth-order valence-corrected chi connectivity index (χ4v) is 2.55. The standard InChI is InChI=1S/C17H16N2O4/c1-11-13-4-2-3-5-16(13)23-17(11)9-18-14-8-12(10-20)6-7-15(14)19(21)22/h2-8,18,20H,9-10H2,1H3. The van der Waals surface area contributed by atoms with Crippen LogP contribution in [0.2, 0.25) is 0 Å². The summed E-state index contributed by atoms with van der Waals surface area (Å²) >= 11 is 0. The van der Waals surface area contributed by atoms with Gasteiger partial charge in [-0.15, -0.1) is 0 Å². The molecular formula is C17H16N2O4. The van der Waals surface area contributed by atoms with Gasteiger partial charge < -0.3 is 14.8 Å². The van der Waals surface area contributed by atoms with E-state index in [0.717, 1.165) is 22.3 Å². The number of hydrogen-bond acceptors (Lipinski definition) is 5. The van der Waals surface area contributed by atoms with Crippen molar-refractivity contribution in [2.75, 3.05) is 5.32 Å². The maximum atomic E-state index is 11.1. The SMILES string of the molecule is Cc1c(CNc2cc(CO)ccc2[N+](=O)[O-])oc2ccccc12. The van der Waals surface area contributed by atoms with E-state index in [4.69, 9.17) is 4.42 Å². The molecule has 0 unspecified atom stereocenters. The van der Waals surface area contributed by atoms with Gasteiger partial charge in [-0.2, -0.15) is 0 Å². The van der Waals surface area contributed by atoms with Crippen molar-refractivity contribution in [2.24, 2.45) is 0 Å². The maximum absolute atomic E-state index is 11.1. The minimum absolute atomic E-state index is 0.0315. The largest absolute Gasteiger partial charge is 0.459 e. The van der Waals surface area contributed by atoms with Crippen LogP contribution in [0.3, 0.4) is 0 Å². The van der Waals surface area contributed by atoms with Crippen molar-refractivity contribution >= 4 is 22.3 Å². The van der Waals surface area contributed by atoms with Gasteiger partial charge in [0.25, 0.3) is 5.69 Å². The number of nitro benzene ring substituents is 1. The lowest BCUT2D eigenvalue weighted by Crippen LogP contribution is -2.03. The molecule has 3 rings (SSSR count). The van der Waals surface area contributed by atoms with E-state index in [9.17, 15) is 15.2 Å². The van der Waals surface area contributed by atoms with Crippen LogP contribution in [0.1, 0.15) is 16.9 Å². The van der Waals surface area contributed by atoms with Gasteiger partial charge in [0.05, 0.1) is 18.1 Å². The van der Waals surface area contributed by atoms with Gasteiger partial charge in [0.2, 0.25) is 0 Å². The summed E-state index contributed by atoms with van der Waals surface area (Å²) in [4.78, 5) is 10.7. The molecule has 0 saturated carbocycles. The molecule has 0 fully saturated rings. The number of nitro groups is 1. The molecule has 3 aromatic rings. The second kappa shape index (κ2) is 6.10. The minimum Gasteiger partial charge on any atom is -0.459 e. The molecule has 2 N–H and O–H groups in total. The van der Waals surface area contributed by atoms with E-state index >= 15 is 0 Å². The van der Waals surface area contributed by atoms with Gasteiger partial charge in [-0.25, -0.2) is 0 Å². The van der Waals surface area contributed by atoms with Crippen molar-refractivity contribution in [3.63, 3.8) is 0 Å². The zero-order valence-corrected chi connectivity index (χ0v) is 12.6. The summed E-state index contributed by atoms with van der Waals surface area (Å²) < 4.78 is 5.80. The normalized spacial score (nSPS) is 10.9. The number of rotatable bonds is 5. The number of benzene rings is 2. The second-order valence-corrected chi connectivity index (χ2v) is 5.27. The van der Waals surface area contributed by atoms with E-state index in [1.165, 1.54) is 12.1 Å². The van der Waals surface area contributed by atoms with Crippen molar-refractivity contribution in [3.8, 4) is 0 Å². The molecule has 0 aliphatic carbocycles. The first-order chi connectivity index (χ1) is 11.1. The number of anilines is 1. The summed E-state index contributed by atoms with van der Waals surface area (Å²) in [6, 6.07) is 12.2. The third-order valence-corrected chi connectivity index (χ3v) is 3.82. The quantitative estimate of drug-likeness (QED) is 0.553. The van der Waals surface area contributed by atoms with Crippen molar-refractivity contribution < 1.29 is 14.4 Å². The summed E-state index contributed by atoms with van der Waals surface area (Å²) in [7, 11) is 0. The second-order valence-electron chi connectivity index (χ2n) is 5.27.